The fourth-order valence-corrected chi connectivity index (χ4v) is 5.20. The van der Waals surface area contributed by atoms with Gasteiger partial charge in [-0.25, -0.2) is 31.9 Å². The first kappa shape index (κ1) is 27.8. The van der Waals surface area contributed by atoms with Gasteiger partial charge in [-0.3, -0.25) is 4.98 Å². The summed E-state index contributed by atoms with van der Waals surface area (Å²) >= 11 is 5.67. The maximum atomic E-state index is 15.8. The Hall–Kier alpha value is -3.77. The number of hydrogen-bond donors (Lipinski definition) is 2. The number of halogens is 5. The number of nitrogens with two attached hydrogens (primary N) is 1. The highest BCUT2D eigenvalue weighted by Gasteiger charge is 2.30. The van der Waals surface area contributed by atoms with Gasteiger partial charge in [0.15, 0.2) is 28.9 Å². The lowest BCUT2D eigenvalue weighted by molar-refractivity contribution is 0.497. The minimum absolute atomic E-state index is 0.0882. The molecule has 4 heterocycles. The van der Waals surface area contributed by atoms with E-state index in [0.717, 1.165) is 6.07 Å². The molecule has 1 atom stereocenters. The molecule has 1 aromatic carbocycles. The van der Waals surface area contributed by atoms with Crippen molar-refractivity contribution in [2.24, 2.45) is 0 Å². The molecule has 0 spiro atoms. The number of rotatable bonds is 4. The molecule has 5 rings (SSSR count). The highest BCUT2D eigenvalue weighted by molar-refractivity contribution is 6.31. The minimum atomic E-state index is -1.70. The molecular weight excluding hydrogens is 550 g/mol. The zero-order valence-electron chi connectivity index (χ0n) is 22.1. The van der Waals surface area contributed by atoms with Gasteiger partial charge in [-0.2, -0.15) is 4.98 Å². The molecule has 1 fully saturated rings. The molecule has 1 aliphatic rings. The number of aromatic nitrogens is 4. The van der Waals surface area contributed by atoms with Gasteiger partial charge in [-0.15, -0.1) is 0 Å². The number of pyridine rings is 2. The summed E-state index contributed by atoms with van der Waals surface area (Å²) in [6.45, 7) is 9.13. The fraction of sp³-hybridized carbons (Fsp3) is 0.333. The Bertz CT molecular complexity index is 1700. The van der Waals surface area contributed by atoms with E-state index in [9.17, 15) is 13.6 Å². The van der Waals surface area contributed by atoms with E-state index in [4.69, 9.17) is 17.3 Å². The molecular formula is C27H26ClF4N7O. The predicted molar refractivity (Wildman–Crippen MR) is 146 cm³/mol. The van der Waals surface area contributed by atoms with Crippen molar-refractivity contribution in [1.82, 2.24) is 24.8 Å². The van der Waals surface area contributed by atoms with Gasteiger partial charge in [0.2, 0.25) is 0 Å². The number of aryl methyl sites for hydroxylation is 1. The fourth-order valence-electron chi connectivity index (χ4n) is 5.02. The van der Waals surface area contributed by atoms with Gasteiger partial charge in [0, 0.05) is 31.9 Å². The molecule has 3 N–H and O–H groups in total. The maximum absolute atomic E-state index is 15.8. The average molecular weight is 576 g/mol. The Labute approximate surface area is 231 Å². The van der Waals surface area contributed by atoms with E-state index in [-0.39, 0.29) is 28.8 Å². The van der Waals surface area contributed by atoms with Gasteiger partial charge >= 0.3 is 5.69 Å². The van der Waals surface area contributed by atoms with Crippen molar-refractivity contribution >= 4 is 34.1 Å². The molecule has 1 aliphatic heterocycles. The van der Waals surface area contributed by atoms with E-state index in [1.54, 1.807) is 19.2 Å². The summed E-state index contributed by atoms with van der Waals surface area (Å²) < 4.78 is 60.8. The van der Waals surface area contributed by atoms with E-state index in [0.29, 0.717) is 36.6 Å². The second-order valence-corrected chi connectivity index (χ2v) is 10.4. The zero-order valence-corrected chi connectivity index (χ0v) is 22.9. The number of fused-ring (bicyclic) bond motifs is 1. The van der Waals surface area contributed by atoms with E-state index in [1.165, 1.54) is 4.57 Å². The van der Waals surface area contributed by atoms with Gasteiger partial charge in [0.25, 0.3) is 0 Å². The molecule has 8 nitrogen and oxygen atoms in total. The van der Waals surface area contributed by atoms with Crippen LogP contribution in [0.2, 0.25) is 5.02 Å². The number of anilines is 2. The summed E-state index contributed by atoms with van der Waals surface area (Å²) in [5.41, 5.74) is 3.85. The molecule has 0 radical (unpaired) electrons. The third-order valence-electron chi connectivity index (χ3n) is 7.04. The second-order valence-electron chi connectivity index (χ2n) is 10.1. The van der Waals surface area contributed by atoms with Crippen LogP contribution in [0.4, 0.5) is 29.1 Å². The van der Waals surface area contributed by atoms with Crippen molar-refractivity contribution in [2.45, 2.75) is 39.7 Å². The van der Waals surface area contributed by atoms with Crippen molar-refractivity contribution < 1.29 is 17.6 Å². The van der Waals surface area contributed by atoms with Crippen LogP contribution in [0.15, 0.2) is 23.1 Å². The van der Waals surface area contributed by atoms with E-state index < -0.39 is 50.9 Å². The molecule has 4 aromatic rings. The summed E-state index contributed by atoms with van der Waals surface area (Å²) in [5.74, 6) is -5.87. The van der Waals surface area contributed by atoms with Crippen molar-refractivity contribution in [3.05, 3.63) is 68.4 Å². The average Bonchev–Trinajstić information content (AvgIpc) is 2.92. The number of benzene rings is 1. The third kappa shape index (κ3) is 4.35. The normalized spacial score (nSPS) is 15.8. The maximum Gasteiger partial charge on any atom is 0.355 e. The monoisotopic (exact) mass is 575 g/mol. The van der Waals surface area contributed by atoms with Gasteiger partial charge in [-0.1, -0.05) is 25.4 Å². The van der Waals surface area contributed by atoms with Gasteiger partial charge in [-0.05, 0) is 37.5 Å². The predicted octanol–water partition coefficient (Wildman–Crippen LogP) is 4.86. The number of nitrogens with one attached hydrogen (secondary N) is 1. The van der Waals surface area contributed by atoms with E-state index >= 15 is 8.78 Å². The molecule has 210 valence electrons. The van der Waals surface area contributed by atoms with Gasteiger partial charge in [0.1, 0.15) is 16.5 Å². The van der Waals surface area contributed by atoms with E-state index in [2.05, 4.69) is 20.3 Å². The van der Waals surface area contributed by atoms with Gasteiger partial charge in [0.05, 0.1) is 28.0 Å². The van der Waals surface area contributed by atoms with Crippen LogP contribution in [-0.4, -0.2) is 45.2 Å². The Morgan fingerprint density at radius 1 is 1.15 bits per heavy atom. The van der Waals surface area contributed by atoms with Crippen LogP contribution in [0, 0.1) is 30.2 Å². The highest BCUT2D eigenvalue weighted by atomic mass is 35.5. The Morgan fingerprint density at radius 2 is 1.88 bits per heavy atom. The Morgan fingerprint density at radius 3 is 2.55 bits per heavy atom. The van der Waals surface area contributed by atoms with Crippen LogP contribution in [0.5, 0.6) is 0 Å². The molecule has 0 unspecified atom stereocenters. The highest BCUT2D eigenvalue weighted by Crippen LogP contribution is 2.39. The third-order valence-corrected chi connectivity index (χ3v) is 7.37. The summed E-state index contributed by atoms with van der Waals surface area (Å²) in [4.78, 5) is 28.8. The summed E-state index contributed by atoms with van der Waals surface area (Å²) in [7, 11) is 0. The lowest BCUT2D eigenvalue weighted by Crippen LogP contribution is -2.50. The number of nitrogens with zero attached hydrogens (tertiary/aromatic N) is 5. The summed E-state index contributed by atoms with van der Waals surface area (Å²) in [5, 5.41) is 2.20. The molecule has 0 aliphatic carbocycles. The molecule has 13 heteroatoms. The topological polar surface area (TPSA) is 102 Å². The summed E-state index contributed by atoms with van der Waals surface area (Å²) in [6.07, 6.45) is 1.60. The van der Waals surface area contributed by atoms with Crippen LogP contribution in [-0.2, 0) is 0 Å². The van der Waals surface area contributed by atoms with E-state index in [1.807, 2.05) is 25.7 Å². The van der Waals surface area contributed by atoms with Crippen LogP contribution < -0.4 is 21.6 Å². The molecule has 0 amide bonds. The van der Waals surface area contributed by atoms with Crippen LogP contribution in [0.1, 0.15) is 37.9 Å². The Balaban J connectivity index is 1.95. The number of hydrogen-bond acceptors (Lipinski definition) is 7. The number of nitrogen functional groups attached to an aromatic ring is 1. The standard InChI is InChI=1S/C27H26ClF4N7O/c1-11(2)22-24(12(3)5-6-35-22)39-26-14(25(37-27(39)40)38-8-7-34-10-13(38)4)9-15(29)23(36-26)16-18(30)17(28)19(31)20(32)21(16)33/h5-6,9,11,13,34H,7-8,10,33H2,1-4H3/t13-/m0/s1. The van der Waals surface area contributed by atoms with Crippen molar-refractivity contribution in [3.63, 3.8) is 0 Å². The summed E-state index contributed by atoms with van der Waals surface area (Å²) in [6, 6.07) is 2.63. The first-order valence-electron chi connectivity index (χ1n) is 12.6. The van der Waals surface area contributed by atoms with Crippen LogP contribution in [0.3, 0.4) is 0 Å². The first-order valence-corrected chi connectivity index (χ1v) is 13.0. The second kappa shape index (κ2) is 10.3. The molecule has 0 saturated carbocycles. The zero-order chi connectivity index (χ0) is 29.0. The smallest absolute Gasteiger partial charge is 0.355 e. The van der Waals surface area contributed by atoms with Gasteiger partial charge < -0.3 is 16.0 Å². The van der Waals surface area contributed by atoms with Crippen molar-refractivity contribution in [3.8, 4) is 16.9 Å². The largest absolute Gasteiger partial charge is 0.396 e. The first-order chi connectivity index (χ1) is 18.9. The van der Waals surface area contributed by atoms with Crippen LogP contribution >= 0.6 is 11.6 Å². The lowest BCUT2D eigenvalue weighted by Gasteiger charge is -2.35. The lowest BCUT2D eigenvalue weighted by atomic mass is 10.0. The molecule has 0 bridgehead atoms. The quantitative estimate of drug-likeness (QED) is 0.155. The Kier molecular flexibility index (Phi) is 7.17. The van der Waals surface area contributed by atoms with Crippen molar-refractivity contribution in [2.75, 3.05) is 30.3 Å². The van der Waals surface area contributed by atoms with Crippen molar-refractivity contribution in [1.29, 1.82) is 0 Å². The SMILES string of the molecule is Cc1ccnc(C(C)C)c1-n1c(=O)nc(N2CCNC[C@@H]2C)c2cc(F)c(-c3c(N)c(F)c(F)c(Cl)c3F)nc21. The minimum Gasteiger partial charge on any atom is -0.396 e. The molecule has 1 saturated heterocycles. The van der Waals surface area contributed by atoms with Crippen LogP contribution in [0.25, 0.3) is 28.0 Å². The molecule has 40 heavy (non-hydrogen) atoms. The molecule has 3 aromatic heterocycles. The number of piperazine rings is 1.